The van der Waals surface area contributed by atoms with Crippen LogP contribution >= 0.6 is 0 Å². The minimum Gasteiger partial charge on any atom is -0.454 e. The van der Waals surface area contributed by atoms with E-state index in [2.05, 4.69) is 0 Å². The van der Waals surface area contributed by atoms with Gasteiger partial charge in [0.15, 0.2) is 16.9 Å². The number of carbonyl (C=O) groups excluding carboxylic acids is 2. The molecule has 0 atom stereocenters. The first-order valence-electron chi connectivity index (χ1n) is 11.8. The van der Waals surface area contributed by atoms with Gasteiger partial charge in [-0.3, -0.25) is 9.59 Å². The molecule has 0 aliphatic carbocycles. The molecule has 1 aromatic carbocycles. The molecular weight excluding hydrogens is 438 g/mol. The van der Waals surface area contributed by atoms with E-state index in [9.17, 15) is 14.4 Å². The highest BCUT2D eigenvalue weighted by Crippen LogP contribution is 2.33. The summed E-state index contributed by atoms with van der Waals surface area (Å²) in [6, 6.07) is 7.32. The number of pyridine rings is 1. The number of hydrogen-bond acceptors (Lipinski definition) is 6. The van der Waals surface area contributed by atoms with Crippen molar-refractivity contribution in [3.63, 3.8) is 0 Å². The van der Waals surface area contributed by atoms with E-state index in [1.54, 1.807) is 16.7 Å². The summed E-state index contributed by atoms with van der Waals surface area (Å²) in [4.78, 5) is 41.8. The van der Waals surface area contributed by atoms with E-state index in [-0.39, 0.29) is 29.8 Å². The molecular formula is C25H31N3O6. The molecule has 0 N–H and O–H groups in total. The van der Waals surface area contributed by atoms with E-state index < -0.39 is 0 Å². The van der Waals surface area contributed by atoms with Crippen LogP contribution in [0.15, 0.2) is 29.1 Å². The fraction of sp³-hybridized carbons (Fsp3) is 0.480. The Morgan fingerprint density at radius 1 is 1.00 bits per heavy atom. The van der Waals surface area contributed by atoms with E-state index in [1.807, 2.05) is 36.6 Å². The predicted octanol–water partition coefficient (Wildman–Crippen LogP) is 2.80. The normalized spacial score (nSPS) is 14.9. The van der Waals surface area contributed by atoms with Crippen LogP contribution in [0.25, 0.3) is 0 Å². The molecule has 182 valence electrons. The average molecular weight is 470 g/mol. The van der Waals surface area contributed by atoms with Gasteiger partial charge in [0.25, 0.3) is 5.91 Å². The van der Waals surface area contributed by atoms with Crippen molar-refractivity contribution in [2.75, 3.05) is 39.6 Å². The fourth-order valence-corrected chi connectivity index (χ4v) is 4.46. The standard InChI is InChI=1S/C25H31N3O6/c1-4-6-19-23(24(30)26-9-11-27(12-10-26)25(31)32-5-2)20(29)13-17(3)28(19)15-18-7-8-21-22(14-18)34-16-33-21/h7-8,13-14H,4-6,9-12,15-16H2,1-3H3. The summed E-state index contributed by atoms with van der Waals surface area (Å²) in [5, 5.41) is 0. The van der Waals surface area contributed by atoms with Gasteiger partial charge in [-0.15, -0.1) is 0 Å². The van der Waals surface area contributed by atoms with Gasteiger partial charge in [0.05, 0.1) is 6.61 Å². The SMILES string of the molecule is CCCc1c(C(=O)N2CCN(C(=O)OCC)CC2)c(=O)cc(C)n1Cc1ccc2c(c1)OCO2. The van der Waals surface area contributed by atoms with Crippen molar-refractivity contribution in [1.82, 2.24) is 14.4 Å². The van der Waals surface area contributed by atoms with Crippen LogP contribution in [-0.2, 0) is 17.7 Å². The molecule has 2 aliphatic rings. The Bertz CT molecular complexity index is 1130. The third-order valence-corrected chi connectivity index (χ3v) is 6.20. The minimum absolute atomic E-state index is 0.207. The van der Waals surface area contributed by atoms with Crippen molar-refractivity contribution < 1.29 is 23.8 Å². The van der Waals surface area contributed by atoms with Crippen LogP contribution in [0.2, 0.25) is 0 Å². The monoisotopic (exact) mass is 469 g/mol. The first kappa shape index (κ1) is 23.7. The van der Waals surface area contributed by atoms with Crippen LogP contribution in [0.1, 0.15) is 47.6 Å². The Morgan fingerprint density at radius 3 is 2.41 bits per heavy atom. The van der Waals surface area contributed by atoms with Gasteiger partial charge in [-0.2, -0.15) is 0 Å². The lowest BCUT2D eigenvalue weighted by Gasteiger charge is -2.34. The van der Waals surface area contributed by atoms with Crippen LogP contribution in [0.4, 0.5) is 4.79 Å². The van der Waals surface area contributed by atoms with Gasteiger partial charge in [0, 0.05) is 50.2 Å². The highest BCUT2D eigenvalue weighted by molar-refractivity contribution is 5.95. The van der Waals surface area contributed by atoms with E-state index in [1.165, 1.54) is 6.07 Å². The Balaban J connectivity index is 1.62. The molecule has 0 saturated carbocycles. The second-order valence-electron chi connectivity index (χ2n) is 8.47. The van der Waals surface area contributed by atoms with Crippen LogP contribution < -0.4 is 14.9 Å². The smallest absolute Gasteiger partial charge is 0.409 e. The summed E-state index contributed by atoms with van der Waals surface area (Å²) in [5.74, 6) is 1.13. The maximum Gasteiger partial charge on any atom is 0.409 e. The molecule has 0 spiro atoms. The van der Waals surface area contributed by atoms with Crippen molar-refractivity contribution >= 4 is 12.0 Å². The van der Waals surface area contributed by atoms with Gasteiger partial charge in [0.2, 0.25) is 6.79 Å². The number of carbonyl (C=O) groups is 2. The minimum atomic E-state index is -0.373. The molecule has 3 heterocycles. The van der Waals surface area contributed by atoms with E-state index in [0.717, 1.165) is 23.4 Å². The molecule has 0 radical (unpaired) electrons. The number of rotatable bonds is 6. The van der Waals surface area contributed by atoms with Crippen LogP contribution in [0.3, 0.4) is 0 Å². The molecule has 1 saturated heterocycles. The number of fused-ring (bicyclic) bond motifs is 1. The molecule has 1 aromatic heterocycles. The lowest BCUT2D eigenvalue weighted by atomic mass is 10.0. The average Bonchev–Trinajstić information content (AvgIpc) is 3.29. The highest BCUT2D eigenvalue weighted by Gasteiger charge is 2.29. The Hall–Kier alpha value is -3.49. The summed E-state index contributed by atoms with van der Waals surface area (Å²) in [6.45, 7) is 8.19. The predicted molar refractivity (Wildman–Crippen MR) is 126 cm³/mol. The Labute approximate surface area is 198 Å². The lowest BCUT2D eigenvalue weighted by molar-refractivity contribution is 0.0567. The summed E-state index contributed by atoms with van der Waals surface area (Å²) in [5.41, 5.74) is 2.49. The number of ether oxygens (including phenoxy) is 3. The van der Waals surface area contributed by atoms with E-state index in [0.29, 0.717) is 57.3 Å². The second kappa shape index (κ2) is 10.2. The maximum atomic E-state index is 13.5. The molecule has 2 aromatic rings. The topological polar surface area (TPSA) is 90.3 Å². The zero-order valence-corrected chi connectivity index (χ0v) is 20.0. The van der Waals surface area contributed by atoms with Crippen molar-refractivity contribution in [3.05, 3.63) is 57.0 Å². The van der Waals surface area contributed by atoms with Gasteiger partial charge in [-0.05, 0) is 38.0 Å². The Kier molecular flexibility index (Phi) is 7.09. The first-order valence-corrected chi connectivity index (χ1v) is 11.8. The summed E-state index contributed by atoms with van der Waals surface area (Å²) in [6.07, 6.45) is 1.02. The molecule has 2 amide bonds. The number of hydrogen-bond donors (Lipinski definition) is 0. The third-order valence-electron chi connectivity index (χ3n) is 6.20. The number of aryl methyl sites for hydroxylation is 1. The van der Waals surface area contributed by atoms with Crippen molar-refractivity contribution in [2.24, 2.45) is 0 Å². The Morgan fingerprint density at radius 2 is 1.71 bits per heavy atom. The number of nitrogens with zero attached hydrogens (tertiary/aromatic N) is 3. The van der Waals surface area contributed by atoms with Crippen molar-refractivity contribution in [2.45, 2.75) is 40.2 Å². The first-order chi connectivity index (χ1) is 16.4. The van der Waals surface area contributed by atoms with Crippen LogP contribution in [-0.4, -0.2) is 65.9 Å². The number of aromatic nitrogens is 1. The molecule has 1 fully saturated rings. The van der Waals surface area contributed by atoms with Crippen molar-refractivity contribution in [3.8, 4) is 11.5 Å². The molecule has 0 bridgehead atoms. The lowest BCUT2D eigenvalue weighted by Crippen LogP contribution is -2.51. The molecule has 4 rings (SSSR count). The number of amides is 2. The molecule has 2 aliphatic heterocycles. The number of piperazine rings is 1. The van der Waals surface area contributed by atoms with Gasteiger partial charge in [-0.1, -0.05) is 19.4 Å². The van der Waals surface area contributed by atoms with E-state index >= 15 is 0 Å². The number of benzene rings is 1. The third kappa shape index (κ3) is 4.73. The largest absolute Gasteiger partial charge is 0.454 e. The zero-order valence-electron chi connectivity index (χ0n) is 20.0. The zero-order chi connectivity index (χ0) is 24.2. The van der Waals surface area contributed by atoms with Gasteiger partial charge in [0.1, 0.15) is 5.56 Å². The second-order valence-corrected chi connectivity index (χ2v) is 8.47. The summed E-state index contributed by atoms with van der Waals surface area (Å²) in [7, 11) is 0. The van der Waals surface area contributed by atoms with Gasteiger partial charge >= 0.3 is 6.09 Å². The fourth-order valence-electron chi connectivity index (χ4n) is 4.46. The van der Waals surface area contributed by atoms with Crippen LogP contribution in [0, 0.1) is 6.92 Å². The molecule has 34 heavy (non-hydrogen) atoms. The molecule has 0 unspecified atom stereocenters. The molecule has 9 heteroatoms. The van der Waals surface area contributed by atoms with Gasteiger partial charge in [-0.25, -0.2) is 4.79 Å². The van der Waals surface area contributed by atoms with E-state index in [4.69, 9.17) is 14.2 Å². The van der Waals surface area contributed by atoms with Crippen molar-refractivity contribution in [1.29, 1.82) is 0 Å². The molecule has 9 nitrogen and oxygen atoms in total. The quantitative estimate of drug-likeness (QED) is 0.646. The maximum absolute atomic E-state index is 13.5. The summed E-state index contributed by atoms with van der Waals surface area (Å²) >= 11 is 0. The highest BCUT2D eigenvalue weighted by atomic mass is 16.7. The van der Waals surface area contributed by atoms with Gasteiger partial charge < -0.3 is 28.6 Å². The van der Waals surface area contributed by atoms with Crippen LogP contribution in [0.5, 0.6) is 11.5 Å². The summed E-state index contributed by atoms with van der Waals surface area (Å²) < 4.78 is 18.0.